The zero-order chi connectivity index (χ0) is 13.3. The Labute approximate surface area is 118 Å². The standard InChI is InChI=1S/C13H19Cl2N3/c1-17-5-6-18(2)12(8-17)13(16)9-3-4-10(14)11(15)7-9/h3-4,7,12-13H,5-6,8,16H2,1-2H3. The van der Waals surface area contributed by atoms with E-state index in [1.165, 1.54) is 0 Å². The van der Waals surface area contributed by atoms with Crippen molar-refractivity contribution in [3.63, 3.8) is 0 Å². The Bertz CT molecular complexity index is 425. The molecule has 0 amide bonds. The van der Waals surface area contributed by atoms with Crippen LogP contribution in [0.5, 0.6) is 0 Å². The van der Waals surface area contributed by atoms with E-state index in [0.29, 0.717) is 16.1 Å². The summed E-state index contributed by atoms with van der Waals surface area (Å²) in [4.78, 5) is 4.62. The van der Waals surface area contributed by atoms with Gasteiger partial charge in [0.25, 0.3) is 0 Å². The van der Waals surface area contributed by atoms with Gasteiger partial charge < -0.3 is 10.6 Å². The van der Waals surface area contributed by atoms with Gasteiger partial charge >= 0.3 is 0 Å². The molecule has 2 N–H and O–H groups in total. The van der Waals surface area contributed by atoms with E-state index >= 15 is 0 Å². The Morgan fingerprint density at radius 2 is 1.94 bits per heavy atom. The Balaban J connectivity index is 2.18. The van der Waals surface area contributed by atoms with Crippen molar-refractivity contribution < 1.29 is 0 Å². The maximum absolute atomic E-state index is 6.37. The molecule has 1 fully saturated rings. The van der Waals surface area contributed by atoms with Crippen LogP contribution in [0, 0.1) is 0 Å². The lowest BCUT2D eigenvalue weighted by atomic mass is 9.97. The van der Waals surface area contributed by atoms with E-state index in [2.05, 4.69) is 23.9 Å². The zero-order valence-electron chi connectivity index (χ0n) is 10.7. The Morgan fingerprint density at radius 1 is 1.22 bits per heavy atom. The molecule has 2 unspecified atom stereocenters. The van der Waals surface area contributed by atoms with Crippen LogP contribution in [0.2, 0.25) is 10.0 Å². The summed E-state index contributed by atoms with van der Waals surface area (Å²) >= 11 is 12.0. The summed E-state index contributed by atoms with van der Waals surface area (Å²) in [5, 5.41) is 1.14. The molecule has 2 rings (SSSR count). The smallest absolute Gasteiger partial charge is 0.0595 e. The van der Waals surface area contributed by atoms with Crippen LogP contribution < -0.4 is 5.73 Å². The molecule has 5 heteroatoms. The molecular weight excluding hydrogens is 269 g/mol. The summed E-state index contributed by atoms with van der Waals surface area (Å²) in [6.07, 6.45) is 0. The normalized spacial score (nSPS) is 24.2. The van der Waals surface area contributed by atoms with Crippen molar-refractivity contribution in [3.05, 3.63) is 33.8 Å². The number of rotatable bonds is 2. The highest BCUT2D eigenvalue weighted by Crippen LogP contribution is 2.27. The molecule has 0 radical (unpaired) electrons. The van der Waals surface area contributed by atoms with Crippen LogP contribution >= 0.6 is 23.2 Å². The second-order valence-electron chi connectivity index (χ2n) is 5.01. The van der Waals surface area contributed by atoms with E-state index in [1.54, 1.807) is 0 Å². The topological polar surface area (TPSA) is 32.5 Å². The average Bonchev–Trinajstić information content (AvgIpc) is 2.35. The quantitative estimate of drug-likeness (QED) is 0.906. The number of likely N-dealkylation sites (N-methyl/N-ethyl adjacent to an activating group) is 2. The SMILES string of the molecule is CN1CCN(C)C(C(N)c2ccc(Cl)c(Cl)c2)C1. The highest BCUT2D eigenvalue weighted by atomic mass is 35.5. The molecule has 18 heavy (non-hydrogen) atoms. The van der Waals surface area contributed by atoms with Crippen LogP contribution in [0.3, 0.4) is 0 Å². The first kappa shape index (κ1) is 14.1. The maximum atomic E-state index is 6.37. The fourth-order valence-corrected chi connectivity index (χ4v) is 2.68. The van der Waals surface area contributed by atoms with Crippen LogP contribution in [-0.4, -0.2) is 49.6 Å². The first-order chi connectivity index (χ1) is 8.49. The van der Waals surface area contributed by atoms with E-state index in [0.717, 1.165) is 25.2 Å². The van der Waals surface area contributed by atoms with Gasteiger partial charge in [-0.3, -0.25) is 4.90 Å². The lowest BCUT2D eigenvalue weighted by Crippen LogP contribution is -2.54. The van der Waals surface area contributed by atoms with Crippen molar-refractivity contribution in [2.45, 2.75) is 12.1 Å². The molecule has 100 valence electrons. The third-order valence-electron chi connectivity index (χ3n) is 3.64. The zero-order valence-corrected chi connectivity index (χ0v) is 12.2. The second kappa shape index (κ2) is 5.76. The van der Waals surface area contributed by atoms with Crippen molar-refractivity contribution in [1.82, 2.24) is 9.80 Å². The molecule has 1 aromatic carbocycles. The highest BCUT2D eigenvalue weighted by molar-refractivity contribution is 6.42. The number of halogens is 2. The number of piperazine rings is 1. The fourth-order valence-electron chi connectivity index (χ4n) is 2.37. The largest absolute Gasteiger partial charge is 0.323 e. The third kappa shape index (κ3) is 2.98. The van der Waals surface area contributed by atoms with Gasteiger partial charge in [0.2, 0.25) is 0 Å². The van der Waals surface area contributed by atoms with Gasteiger partial charge in [-0.25, -0.2) is 0 Å². The molecule has 1 aliphatic heterocycles. The van der Waals surface area contributed by atoms with Gasteiger partial charge in [-0.1, -0.05) is 29.3 Å². The lowest BCUT2D eigenvalue weighted by Gasteiger charge is -2.40. The van der Waals surface area contributed by atoms with Crippen LogP contribution in [-0.2, 0) is 0 Å². The predicted molar refractivity (Wildman–Crippen MR) is 77.3 cm³/mol. The number of nitrogens with two attached hydrogens (primary N) is 1. The van der Waals surface area contributed by atoms with E-state index < -0.39 is 0 Å². The van der Waals surface area contributed by atoms with Crippen molar-refractivity contribution in [1.29, 1.82) is 0 Å². The van der Waals surface area contributed by atoms with Crippen LogP contribution in [0.25, 0.3) is 0 Å². The summed E-state index contributed by atoms with van der Waals surface area (Å²) in [7, 11) is 4.25. The Morgan fingerprint density at radius 3 is 2.61 bits per heavy atom. The van der Waals surface area contributed by atoms with Crippen molar-refractivity contribution in [2.75, 3.05) is 33.7 Å². The summed E-state index contributed by atoms with van der Waals surface area (Å²) in [6, 6.07) is 5.90. The first-order valence-corrected chi connectivity index (χ1v) is 6.84. The molecule has 0 spiro atoms. The number of benzene rings is 1. The van der Waals surface area contributed by atoms with Gasteiger partial charge in [-0.2, -0.15) is 0 Å². The minimum atomic E-state index is -0.0486. The number of hydrogen-bond donors (Lipinski definition) is 1. The minimum Gasteiger partial charge on any atom is -0.323 e. The second-order valence-corrected chi connectivity index (χ2v) is 5.82. The maximum Gasteiger partial charge on any atom is 0.0595 e. The van der Waals surface area contributed by atoms with Gasteiger partial charge in [0, 0.05) is 31.7 Å². The molecule has 0 bridgehead atoms. The van der Waals surface area contributed by atoms with Crippen LogP contribution in [0.1, 0.15) is 11.6 Å². The van der Waals surface area contributed by atoms with Crippen molar-refractivity contribution in [3.8, 4) is 0 Å². The Hall–Kier alpha value is -0.320. The molecule has 1 aromatic rings. The lowest BCUT2D eigenvalue weighted by molar-refractivity contribution is 0.0974. The van der Waals surface area contributed by atoms with Gasteiger partial charge in [-0.05, 0) is 31.8 Å². The summed E-state index contributed by atoms with van der Waals surface area (Å²) < 4.78 is 0. The Kier molecular flexibility index (Phi) is 4.51. The molecule has 1 saturated heterocycles. The molecule has 0 aromatic heterocycles. The average molecular weight is 288 g/mol. The summed E-state index contributed by atoms with van der Waals surface area (Å²) in [5.41, 5.74) is 7.41. The van der Waals surface area contributed by atoms with E-state index in [-0.39, 0.29) is 6.04 Å². The monoisotopic (exact) mass is 287 g/mol. The molecule has 1 heterocycles. The van der Waals surface area contributed by atoms with Crippen molar-refractivity contribution >= 4 is 23.2 Å². The van der Waals surface area contributed by atoms with Gasteiger partial charge in [-0.15, -0.1) is 0 Å². The van der Waals surface area contributed by atoms with Crippen LogP contribution in [0.4, 0.5) is 0 Å². The van der Waals surface area contributed by atoms with Gasteiger partial charge in [0.15, 0.2) is 0 Å². The van der Waals surface area contributed by atoms with E-state index in [1.807, 2.05) is 18.2 Å². The van der Waals surface area contributed by atoms with Crippen molar-refractivity contribution in [2.24, 2.45) is 5.73 Å². The molecule has 0 aliphatic carbocycles. The van der Waals surface area contributed by atoms with E-state index in [9.17, 15) is 0 Å². The number of nitrogens with zero attached hydrogens (tertiary/aromatic N) is 2. The summed E-state index contributed by atoms with van der Waals surface area (Å²) in [6.45, 7) is 3.09. The first-order valence-electron chi connectivity index (χ1n) is 6.08. The molecular formula is C13H19Cl2N3. The summed E-state index contributed by atoms with van der Waals surface area (Å²) in [5.74, 6) is 0. The van der Waals surface area contributed by atoms with Gasteiger partial charge in [0.1, 0.15) is 0 Å². The van der Waals surface area contributed by atoms with Crippen LogP contribution in [0.15, 0.2) is 18.2 Å². The minimum absolute atomic E-state index is 0.0486. The molecule has 3 nitrogen and oxygen atoms in total. The third-order valence-corrected chi connectivity index (χ3v) is 4.38. The fraction of sp³-hybridized carbons (Fsp3) is 0.538. The molecule has 0 saturated carbocycles. The van der Waals surface area contributed by atoms with Gasteiger partial charge in [0.05, 0.1) is 10.0 Å². The molecule has 1 aliphatic rings. The predicted octanol–water partition coefficient (Wildman–Crippen LogP) is 2.24. The molecule has 2 atom stereocenters. The van der Waals surface area contributed by atoms with E-state index in [4.69, 9.17) is 28.9 Å². The highest BCUT2D eigenvalue weighted by Gasteiger charge is 2.28. The number of hydrogen-bond acceptors (Lipinski definition) is 3.